The first-order valence-corrected chi connectivity index (χ1v) is 6.93. The van der Waals surface area contributed by atoms with Gasteiger partial charge in [0.25, 0.3) is 5.56 Å². The minimum atomic E-state index is -0.204. The van der Waals surface area contributed by atoms with Crippen LogP contribution in [0.5, 0.6) is 0 Å². The van der Waals surface area contributed by atoms with Crippen molar-refractivity contribution >= 4 is 5.91 Å². The topological polar surface area (TPSA) is 74.8 Å². The fourth-order valence-corrected chi connectivity index (χ4v) is 2.17. The third kappa shape index (κ3) is 4.56. The number of aromatic nitrogens is 2. The van der Waals surface area contributed by atoms with Gasteiger partial charge in [0, 0.05) is 12.5 Å². The SMILES string of the molecule is Cc1nc(CNC(=O)C[C@H](C)c2ccccc2)cc(=O)[nH]1. The van der Waals surface area contributed by atoms with E-state index in [2.05, 4.69) is 15.3 Å². The number of H-pyrrole nitrogens is 1. The second-order valence-corrected chi connectivity index (χ2v) is 5.11. The van der Waals surface area contributed by atoms with Crippen LogP contribution in [0.15, 0.2) is 41.2 Å². The fraction of sp³-hybridized carbons (Fsp3) is 0.312. The average Bonchev–Trinajstić information content (AvgIpc) is 2.45. The number of nitrogens with zero attached hydrogens (tertiary/aromatic N) is 1. The van der Waals surface area contributed by atoms with E-state index >= 15 is 0 Å². The summed E-state index contributed by atoms with van der Waals surface area (Å²) in [4.78, 5) is 30.0. The number of aromatic amines is 1. The molecule has 2 N–H and O–H groups in total. The monoisotopic (exact) mass is 285 g/mol. The summed E-state index contributed by atoms with van der Waals surface area (Å²) in [7, 11) is 0. The molecular weight excluding hydrogens is 266 g/mol. The van der Waals surface area contributed by atoms with Gasteiger partial charge in [-0.05, 0) is 18.4 Å². The molecule has 1 heterocycles. The third-order valence-corrected chi connectivity index (χ3v) is 3.24. The Labute approximate surface area is 123 Å². The van der Waals surface area contributed by atoms with E-state index in [1.807, 2.05) is 37.3 Å². The van der Waals surface area contributed by atoms with Crippen molar-refractivity contribution in [2.75, 3.05) is 0 Å². The van der Waals surface area contributed by atoms with E-state index in [9.17, 15) is 9.59 Å². The summed E-state index contributed by atoms with van der Waals surface area (Å²) in [6.07, 6.45) is 0.409. The first-order chi connectivity index (χ1) is 10.0. The molecule has 5 heteroatoms. The molecule has 21 heavy (non-hydrogen) atoms. The summed E-state index contributed by atoms with van der Waals surface area (Å²) in [6.45, 7) is 4.00. The van der Waals surface area contributed by atoms with Crippen molar-refractivity contribution in [2.24, 2.45) is 0 Å². The van der Waals surface area contributed by atoms with Gasteiger partial charge in [0.05, 0.1) is 12.2 Å². The van der Waals surface area contributed by atoms with Crippen LogP contribution in [0.1, 0.15) is 36.3 Å². The molecule has 1 aromatic carbocycles. The molecule has 0 fully saturated rings. The van der Waals surface area contributed by atoms with Crippen LogP contribution in [0.4, 0.5) is 0 Å². The van der Waals surface area contributed by atoms with Crippen LogP contribution in [0.3, 0.4) is 0 Å². The average molecular weight is 285 g/mol. The van der Waals surface area contributed by atoms with Crippen LogP contribution in [0.2, 0.25) is 0 Å². The summed E-state index contributed by atoms with van der Waals surface area (Å²) in [5.74, 6) is 0.649. The lowest BCUT2D eigenvalue weighted by atomic mass is 9.97. The number of aryl methyl sites for hydroxylation is 1. The molecule has 0 aliphatic heterocycles. The van der Waals surface area contributed by atoms with Crippen molar-refractivity contribution in [1.29, 1.82) is 0 Å². The molecular formula is C16H19N3O2. The molecule has 1 aromatic heterocycles. The largest absolute Gasteiger partial charge is 0.350 e. The highest BCUT2D eigenvalue weighted by molar-refractivity contribution is 5.76. The van der Waals surface area contributed by atoms with Gasteiger partial charge in [-0.2, -0.15) is 0 Å². The number of carbonyl (C=O) groups excluding carboxylic acids is 1. The Bertz CT molecular complexity index is 665. The van der Waals surface area contributed by atoms with Crippen molar-refractivity contribution in [3.05, 3.63) is 63.8 Å². The number of hydrogen-bond acceptors (Lipinski definition) is 3. The van der Waals surface area contributed by atoms with Gasteiger partial charge >= 0.3 is 0 Å². The lowest BCUT2D eigenvalue weighted by Gasteiger charge is -2.11. The molecule has 0 saturated heterocycles. The van der Waals surface area contributed by atoms with Crippen molar-refractivity contribution in [3.8, 4) is 0 Å². The van der Waals surface area contributed by atoms with E-state index in [0.717, 1.165) is 5.56 Å². The molecule has 0 aliphatic carbocycles. The maximum Gasteiger partial charge on any atom is 0.251 e. The Hall–Kier alpha value is -2.43. The summed E-state index contributed by atoms with van der Waals surface area (Å²) < 4.78 is 0. The molecule has 0 saturated carbocycles. The summed E-state index contributed by atoms with van der Waals surface area (Å²) in [6, 6.07) is 11.3. The van der Waals surface area contributed by atoms with Gasteiger partial charge in [0.1, 0.15) is 5.82 Å². The van der Waals surface area contributed by atoms with Gasteiger partial charge in [-0.15, -0.1) is 0 Å². The van der Waals surface area contributed by atoms with E-state index in [1.165, 1.54) is 6.07 Å². The number of hydrogen-bond donors (Lipinski definition) is 2. The molecule has 1 amide bonds. The van der Waals surface area contributed by atoms with Gasteiger partial charge in [0.15, 0.2) is 0 Å². The molecule has 2 aromatic rings. The molecule has 2 rings (SSSR count). The lowest BCUT2D eigenvalue weighted by Crippen LogP contribution is -2.25. The Morgan fingerprint density at radius 2 is 2.05 bits per heavy atom. The van der Waals surface area contributed by atoms with Crippen molar-refractivity contribution in [2.45, 2.75) is 32.7 Å². The zero-order valence-electron chi connectivity index (χ0n) is 12.2. The van der Waals surface area contributed by atoms with Crippen LogP contribution >= 0.6 is 0 Å². The highest BCUT2D eigenvalue weighted by Gasteiger charge is 2.11. The summed E-state index contributed by atoms with van der Waals surface area (Å²) in [5.41, 5.74) is 1.50. The van der Waals surface area contributed by atoms with Gasteiger partial charge < -0.3 is 10.3 Å². The highest BCUT2D eigenvalue weighted by atomic mass is 16.1. The van der Waals surface area contributed by atoms with Gasteiger partial charge in [-0.3, -0.25) is 9.59 Å². The van der Waals surface area contributed by atoms with Crippen molar-refractivity contribution in [3.63, 3.8) is 0 Å². The van der Waals surface area contributed by atoms with Crippen molar-refractivity contribution in [1.82, 2.24) is 15.3 Å². The van der Waals surface area contributed by atoms with E-state index in [0.29, 0.717) is 17.9 Å². The van der Waals surface area contributed by atoms with Crippen LogP contribution < -0.4 is 10.9 Å². The number of amides is 1. The predicted octanol–water partition coefficient (Wildman–Crippen LogP) is 1.89. The molecule has 0 unspecified atom stereocenters. The molecule has 0 radical (unpaired) electrons. The van der Waals surface area contributed by atoms with Gasteiger partial charge in [-0.25, -0.2) is 4.98 Å². The normalized spacial score (nSPS) is 11.9. The maximum atomic E-state index is 11.9. The zero-order chi connectivity index (χ0) is 15.2. The second kappa shape index (κ2) is 6.83. The van der Waals surface area contributed by atoms with Crippen LogP contribution in [-0.2, 0) is 11.3 Å². The smallest absolute Gasteiger partial charge is 0.251 e. The predicted molar refractivity (Wildman–Crippen MR) is 80.9 cm³/mol. The quantitative estimate of drug-likeness (QED) is 0.881. The number of nitrogens with one attached hydrogen (secondary N) is 2. The van der Waals surface area contributed by atoms with Gasteiger partial charge in [0.2, 0.25) is 5.91 Å². The van der Waals surface area contributed by atoms with Crippen molar-refractivity contribution < 1.29 is 4.79 Å². The Balaban J connectivity index is 1.89. The molecule has 0 aliphatic rings. The van der Waals surface area contributed by atoms with Gasteiger partial charge in [-0.1, -0.05) is 37.3 Å². The number of rotatable bonds is 5. The second-order valence-electron chi connectivity index (χ2n) is 5.11. The fourth-order valence-electron chi connectivity index (χ4n) is 2.17. The van der Waals surface area contributed by atoms with E-state index in [-0.39, 0.29) is 23.9 Å². The molecule has 110 valence electrons. The Kier molecular flexibility index (Phi) is 4.87. The highest BCUT2D eigenvalue weighted by Crippen LogP contribution is 2.17. The number of carbonyl (C=O) groups is 1. The minimum absolute atomic E-state index is 0.0499. The lowest BCUT2D eigenvalue weighted by molar-refractivity contribution is -0.121. The third-order valence-electron chi connectivity index (χ3n) is 3.24. The van der Waals surface area contributed by atoms with E-state index in [1.54, 1.807) is 6.92 Å². The van der Waals surface area contributed by atoms with E-state index < -0.39 is 0 Å². The Morgan fingerprint density at radius 3 is 2.71 bits per heavy atom. The molecule has 0 bridgehead atoms. The van der Waals surface area contributed by atoms with Crippen LogP contribution in [0.25, 0.3) is 0 Å². The maximum absolute atomic E-state index is 11.9. The summed E-state index contributed by atoms with van der Waals surface area (Å²) >= 11 is 0. The molecule has 5 nitrogen and oxygen atoms in total. The first-order valence-electron chi connectivity index (χ1n) is 6.93. The minimum Gasteiger partial charge on any atom is -0.350 e. The first kappa shape index (κ1) is 15.0. The van der Waals surface area contributed by atoms with Crippen LogP contribution in [0, 0.1) is 6.92 Å². The Morgan fingerprint density at radius 1 is 1.33 bits per heavy atom. The number of benzene rings is 1. The van der Waals surface area contributed by atoms with Crippen LogP contribution in [-0.4, -0.2) is 15.9 Å². The molecule has 1 atom stereocenters. The zero-order valence-corrected chi connectivity index (χ0v) is 12.2. The van der Waals surface area contributed by atoms with E-state index in [4.69, 9.17) is 0 Å². The standard InChI is InChI=1S/C16H19N3O2/c1-11(13-6-4-3-5-7-13)8-15(20)17-10-14-9-16(21)19-12(2)18-14/h3-7,9,11H,8,10H2,1-2H3,(H,17,20)(H,18,19,21)/t11-/m0/s1. The summed E-state index contributed by atoms with van der Waals surface area (Å²) in [5, 5.41) is 2.80. The molecule has 0 spiro atoms.